The van der Waals surface area contributed by atoms with Gasteiger partial charge in [-0.3, -0.25) is 4.90 Å². The molecule has 0 aliphatic carbocycles. The highest BCUT2D eigenvalue weighted by atomic mass is 19.4. The summed E-state index contributed by atoms with van der Waals surface area (Å²) in [6, 6.07) is 6.44. The summed E-state index contributed by atoms with van der Waals surface area (Å²) in [6.07, 6.45) is -11.1. The molecule has 0 atom stereocenters. The Morgan fingerprint density at radius 1 is 0.842 bits per heavy atom. The number of benzene rings is 1. The Bertz CT molecular complexity index is 395. The van der Waals surface area contributed by atoms with Crippen LogP contribution in [0.5, 0.6) is 0 Å². The van der Waals surface area contributed by atoms with E-state index in [0.717, 1.165) is 26.2 Å². The van der Waals surface area contributed by atoms with Crippen molar-refractivity contribution in [3.63, 3.8) is 0 Å². The van der Waals surface area contributed by atoms with Gasteiger partial charge in [0.2, 0.25) is 0 Å². The molecular weight excluding hydrogens is 274 g/mol. The van der Waals surface area contributed by atoms with Gasteiger partial charge in [0.05, 0.1) is 0 Å². The second kappa shape index (κ2) is 4.92. The zero-order valence-electron chi connectivity index (χ0n) is 10.1. The quantitative estimate of drug-likeness (QED) is 0.676. The summed E-state index contributed by atoms with van der Waals surface area (Å²) in [5.41, 5.74) is -4.41. The van der Waals surface area contributed by atoms with Crippen molar-refractivity contribution in [3.8, 4) is 0 Å². The molecule has 0 aliphatic heterocycles. The third-order valence-electron chi connectivity index (χ3n) is 2.59. The molecular formula is C11H12F6N2. The molecule has 0 radical (unpaired) electrons. The second-order valence-electron chi connectivity index (χ2n) is 4.09. The molecule has 1 aromatic rings. The van der Waals surface area contributed by atoms with E-state index in [1.807, 2.05) is 0 Å². The molecule has 108 valence electrons. The predicted molar refractivity (Wildman–Crippen MR) is 58.6 cm³/mol. The van der Waals surface area contributed by atoms with Crippen LogP contribution < -0.4 is 5.32 Å². The van der Waals surface area contributed by atoms with Gasteiger partial charge in [-0.25, -0.2) is 0 Å². The number of nitrogens with zero attached hydrogens (tertiary/aromatic N) is 1. The molecule has 0 amide bonds. The van der Waals surface area contributed by atoms with Crippen molar-refractivity contribution < 1.29 is 26.3 Å². The molecule has 0 unspecified atom stereocenters. The Balaban J connectivity index is 3.34. The molecule has 0 heterocycles. The average Bonchev–Trinajstić information content (AvgIpc) is 2.23. The fraction of sp³-hybridized carbons (Fsp3) is 0.455. The van der Waals surface area contributed by atoms with Gasteiger partial charge in [-0.1, -0.05) is 18.2 Å². The third-order valence-corrected chi connectivity index (χ3v) is 2.59. The van der Waals surface area contributed by atoms with Crippen LogP contribution in [0.15, 0.2) is 30.3 Å². The molecule has 0 aromatic heterocycles. The summed E-state index contributed by atoms with van der Waals surface area (Å²) < 4.78 is 77.9. The maximum atomic E-state index is 13.0. The Kier molecular flexibility index (Phi) is 4.04. The van der Waals surface area contributed by atoms with E-state index in [2.05, 4.69) is 0 Å². The summed E-state index contributed by atoms with van der Waals surface area (Å²) in [7, 11) is 1.44. The van der Waals surface area contributed by atoms with Gasteiger partial charge in [0.15, 0.2) is 0 Å². The number of hydrogen-bond donors (Lipinski definition) is 1. The van der Waals surface area contributed by atoms with Crippen molar-refractivity contribution in [3.05, 3.63) is 30.3 Å². The lowest BCUT2D eigenvalue weighted by Gasteiger charge is -2.43. The van der Waals surface area contributed by atoms with Gasteiger partial charge < -0.3 is 5.32 Å². The third kappa shape index (κ3) is 2.78. The lowest BCUT2D eigenvalue weighted by Crippen LogP contribution is -2.70. The number of anilines is 1. The summed E-state index contributed by atoms with van der Waals surface area (Å²) >= 11 is 0. The van der Waals surface area contributed by atoms with E-state index in [9.17, 15) is 26.3 Å². The molecule has 1 rings (SSSR count). The minimum absolute atomic E-state index is 0.0694. The first-order valence-corrected chi connectivity index (χ1v) is 5.16. The van der Waals surface area contributed by atoms with Crippen molar-refractivity contribution in [2.75, 3.05) is 19.4 Å². The fourth-order valence-corrected chi connectivity index (χ4v) is 1.65. The molecule has 0 saturated carbocycles. The smallest absolute Gasteiger partial charge is 0.352 e. The van der Waals surface area contributed by atoms with Crippen molar-refractivity contribution in [2.45, 2.75) is 18.0 Å². The molecule has 0 saturated heterocycles. The first-order chi connectivity index (χ1) is 8.52. The van der Waals surface area contributed by atoms with Crippen LogP contribution in [0, 0.1) is 0 Å². The van der Waals surface area contributed by atoms with Crippen LogP contribution in [0.4, 0.5) is 32.0 Å². The summed E-state index contributed by atoms with van der Waals surface area (Å²) in [6.45, 7) is 0. The highest BCUT2D eigenvalue weighted by molar-refractivity contribution is 5.46. The first-order valence-electron chi connectivity index (χ1n) is 5.16. The van der Waals surface area contributed by atoms with Gasteiger partial charge >= 0.3 is 12.4 Å². The topological polar surface area (TPSA) is 15.3 Å². The summed E-state index contributed by atoms with van der Waals surface area (Å²) in [5.74, 6) is 0. The van der Waals surface area contributed by atoms with Gasteiger partial charge in [-0.15, -0.1) is 0 Å². The van der Waals surface area contributed by atoms with Crippen LogP contribution in [0.3, 0.4) is 0 Å². The van der Waals surface area contributed by atoms with E-state index < -0.39 is 18.0 Å². The molecule has 0 fully saturated rings. The maximum absolute atomic E-state index is 13.0. The van der Waals surface area contributed by atoms with Gasteiger partial charge in [-0.05, 0) is 26.2 Å². The molecule has 2 nitrogen and oxygen atoms in total. The highest BCUT2D eigenvalue weighted by Gasteiger charge is 2.73. The largest absolute Gasteiger partial charge is 0.434 e. The molecule has 1 N–H and O–H groups in total. The molecule has 0 spiro atoms. The molecule has 0 aliphatic rings. The van der Waals surface area contributed by atoms with E-state index >= 15 is 0 Å². The molecule has 1 aromatic carbocycles. The Morgan fingerprint density at radius 2 is 1.26 bits per heavy atom. The average molecular weight is 286 g/mol. The van der Waals surface area contributed by atoms with Crippen LogP contribution in [0.1, 0.15) is 0 Å². The zero-order chi connectivity index (χ0) is 14.9. The Morgan fingerprint density at radius 3 is 1.58 bits per heavy atom. The van der Waals surface area contributed by atoms with Crippen molar-refractivity contribution in [2.24, 2.45) is 0 Å². The van der Waals surface area contributed by atoms with Crippen LogP contribution in [-0.2, 0) is 0 Å². The van der Waals surface area contributed by atoms with E-state index in [4.69, 9.17) is 0 Å². The van der Waals surface area contributed by atoms with Crippen LogP contribution >= 0.6 is 0 Å². The SMILES string of the molecule is CN(C)C(Nc1ccccc1)(C(F)(F)F)C(F)(F)F. The molecule has 8 heteroatoms. The molecule has 19 heavy (non-hydrogen) atoms. The van der Waals surface area contributed by atoms with Gasteiger partial charge in [0.25, 0.3) is 5.66 Å². The van der Waals surface area contributed by atoms with Crippen molar-refractivity contribution in [1.82, 2.24) is 4.90 Å². The monoisotopic (exact) mass is 286 g/mol. The summed E-state index contributed by atoms with van der Waals surface area (Å²) in [4.78, 5) is 0.0694. The van der Waals surface area contributed by atoms with Crippen molar-refractivity contribution in [1.29, 1.82) is 0 Å². The number of alkyl halides is 6. The fourth-order valence-electron chi connectivity index (χ4n) is 1.65. The number of halogens is 6. The van der Waals surface area contributed by atoms with Gasteiger partial charge in [0.1, 0.15) is 0 Å². The highest BCUT2D eigenvalue weighted by Crippen LogP contribution is 2.46. The van der Waals surface area contributed by atoms with Crippen molar-refractivity contribution >= 4 is 5.69 Å². The summed E-state index contributed by atoms with van der Waals surface area (Å²) in [5, 5.41) is 1.55. The number of hydrogen-bond acceptors (Lipinski definition) is 2. The zero-order valence-corrected chi connectivity index (χ0v) is 10.1. The molecule has 0 bridgehead atoms. The maximum Gasteiger partial charge on any atom is 0.434 e. The predicted octanol–water partition coefficient (Wildman–Crippen LogP) is 3.48. The Hall–Kier alpha value is -1.44. The normalized spacial score (nSPS) is 13.7. The van der Waals surface area contributed by atoms with E-state index in [0.29, 0.717) is 0 Å². The van der Waals surface area contributed by atoms with Crippen LogP contribution in [0.2, 0.25) is 0 Å². The van der Waals surface area contributed by atoms with E-state index in [1.54, 1.807) is 5.32 Å². The second-order valence-corrected chi connectivity index (χ2v) is 4.09. The Labute approximate surface area is 106 Å². The standard InChI is InChI=1S/C11H12F6N2/c1-19(2)9(10(12,13)14,11(15,16)17)18-8-6-4-3-5-7-8/h3-7,18H,1-2H3. The number of rotatable bonds is 3. The first kappa shape index (κ1) is 15.6. The van der Waals surface area contributed by atoms with Gasteiger partial charge in [-0.2, -0.15) is 26.3 Å². The van der Waals surface area contributed by atoms with Crippen LogP contribution in [-0.4, -0.2) is 37.0 Å². The number of nitrogens with one attached hydrogen (secondary N) is 1. The lowest BCUT2D eigenvalue weighted by atomic mass is 10.1. The van der Waals surface area contributed by atoms with Crippen LogP contribution in [0.25, 0.3) is 0 Å². The minimum Gasteiger partial charge on any atom is -0.352 e. The minimum atomic E-state index is -5.54. The lowest BCUT2D eigenvalue weighted by molar-refractivity contribution is -0.324. The van der Waals surface area contributed by atoms with E-state index in [1.165, 1.54) is 18.2 Å². The van der Waals surface area contributed by atoms with E-state index in [-0.39, 0.29) is 10.6 Å². The number of para-hydroxylation sites is 1. The van der Waals surface area contributed by atoms with Gasteiger partial charge in [0, 0.05) is 5.69 Å².